The van der Waals surface area contributed by atoms with Gasteiger partial charge in [-0.05, 0) is 35.9 Å². The summed E-state index contributed by atoms with van der Waals surface area (Å²) in [6, 6.07) is 9.22. The molecule has 0 bridgehead atoms. The van der Waals surface area contributed by atoms with Crippen LogP contribution in [0.3, 0.4) is 0 Å². The van der Waals surface area contributed by atoms with Crippen LogP contribution in [0.1, 0.15) is 10.4 Å². The first-order chi connectivity index (χ1) is 12.6. The number of hydrogen-bond donors (Lipinski definition) is 1. The number of aromatic nitrogens is 2. The zero-order valence-electron chi connectivity index (χ0n) is 13.9. The predicted octanol–water partition coefficient (Wildman–Crippen LogP) is 2.97. The fraction of sp³-hybridized carbons (Fsp3) is 0.211. The number of benzene rings is 2. The summed E-state index contributed by atoms with van der Waals surface area (Å²) in [4.78, 5) is 13.3. The molecule has 1 saturated heterocycles. The quantitative estimate of drug-likeness (QED) is 0.780. The molecule has 4 rings (SSSR count). The fourth-order valence-electron chi connectivity index (χ4n) is 3.13. The van der Waals surface area contributed by atoms with Crippen molar-refractivity contribution in [3.63, 3.8) is 0 Å². The summed E-state index contributed by atoms with van der Waals surface area (Å²) in [6.07, 6.45) is 1.63. The van der Waals surface area contributed by atoms with Crippen molar-refractivity contribution in [2.45, 2.75) is 0 Å². The van der Waals surface area contributed by atoms with Crippen molar-refractivity contribution in [3.05, 3.63) is 54.0 Å². The number of fused-ring (bicyclic) bond motifs is 1. The summed E-state index contributed by atoms with van der Waals surface area (Å²) >= 11 is 0. The van der Waals surface area contributed by atoms with Gasteiger partial charge in [-0.2, -0.15) is 5.10 Å². The number of morpholine rings is 1. The van der Waals surface area contributed by atoms with E-state index in [0.29, 0.717) is 18.8 Å². The van der Waals surface area contributed by atoms with Crippen LogP contribution >= 0.6 is 0 Å². The lowest BCUT2D eigenvalue weighted by Crippen LogP contribution is -2.37. The van der Waals surface area contributed by atoms with Crippen molar-refractivity contribution in [2.75, 3.05) is 31.2 Å². The number of carboxylic acid groups (broad SMARTS) is 1. The summed E-state index contributed by atoms with van der Waals surface area (Å²) in [6.45, 7) is 2.77. The van der Waals surface area contributed by atoms with Crippen LogP contribution in [0.25, 0.3) is 21.9 Å². The Balaban J connectivity index is 1.79. The summed E-state index contributed by atoms with van der Waals surface area (Å²) in [5.74, 6) is -0.783. The topological polar surface area (TPSA) is 75.5 Å². The molecule has 0 aliphatic carbocycles. The van der Waals surface area contributed by atoms with Crippen LogP contribution in [0.15, 0.2) is 42.6 Å². The first-order valence-corrected chi connectivity index (χ1v) is 8.25. The highest BCUT2D eigenvalue weighted by atomic mass is 19.1. The zero-order valence-corrected chi connectivity index (χ0v) is 13.9. The number of carbonyl (C=O) groups is 1. The Morgan fingerprint density at radius 1 is 1.15 bits per heavy atom. The minimum atomic E-state index is -1.09. The van der Waals surface area contributed by atoms with Crippen molar-refractivity contribution < 1.29 is 19.0 Å². The summed E-state index contributed by atoms with van der Waals surface area (Å²) in [5.41, 5.74) is 0.888. The molecule has 1 aliphatic heterocycles. The molecule has 0 unspecified atom stereocenters. The number of hydrogen-bond acceptors (Lipinski definition) is 5. The number of carboxylic acids is 1. The maximum absolute atomic E-state index is 14.2. The largest absolute Gasteiger partial charge is 0.478 e. The van der Waals surface area contributed by atoms with Gasteiger partial charge in [0, 0.05) is 29.4 Å². The summed E-state index contributed by atoms with van der Waals surface area (Å²) in [5, 5.41) is 19.2. The molecule has 3 aromatic rings. The van der Waals surface area contributed by atoms with Crippen LogP contribution < -0.4 is 4.90 Å². The average Bonchev–Trinajstić information content (AvgIpc) is 2.68. The minimum absolute atomic E-state index is 0.0448. The second-order valence-corrected chi connectivity index (χ2v) is 6.07. The maximum Gasteiger partial charge on any atom is 0.335 e. The molecular weight excluding hydrogens is 337 g/mol. The number of ether oxygens (including phenoxy) is 1. The SMILES string of the molecule is O=C(O)c1ccc(F)c(-c2ccc3c(N4CCOCC4)nncc3c2)c1. The highest BCUT2D eigenvalue weighted by Gasteiger charge is 2.17. The molecule has 0 atom stereocenters. The van der Waals surface area contributed by atoms with Gasteiger partial charge in [0.15, 0.2) is 5.82 Å². The van der Waals surface area contributed by atoms with Gasteiger partial charge in [0.1, 0.15) is 5.82 Å². The molecule has 7 heteroatoms. The lowest BCUT2D eigenvalue weighted by molar-refractivity contribution is 0.0697. The van der Waals surface area contributed by atoms with Crippen molar-refractivity contribution in [1.82, 2.24) is 10.2 Å². The molecular formula is C19H16FN3O3. The van der Waals surface area contributed by atoms with Crippen LogP contribution in [0.5, 0.6) is 0 Å². The number of halogens is 1. The molecule has 26 heavy (non-hydrogen) atoms. The second-order valence-electron chi connectivity index (χ2n) is 6.07. The van der Waals surface area contributed by atoms with Crippen molar-refractivity contribution in [1.29, 1.82) is 0 Å². The first-order valence-electron chi connectivity index (χ1n) is 8.25. The van der Waals surface area contributed by atoms with Crippen molar-refractivity contribution in [3.8, 4) is 11.1 Å². The van der Waals surface area contributed by atoms with Gasteiger partial charge in [-0.1, -0.05) is 6.07 Å². The molecule has 1 aliphatic rings. The number of aromatic carboxylic acids is 1. The second kappa shape index (κ2) is 6.68. The Bertz CT molecular complexity index is 987. The normalized spacial score (nSPS) is 14.6. The standard InChI is InChI=1S/C19H16FN3O3/c20-17-4-2-13(19(24)25)10-16(17)12-1-3-15-14(9-12)11-21-22-18(15)23-5-7-26-8-6-23/h1-4,9-11H,5-8H2,(H,24,25). The fourth-order valence-corrected chi connectivity index (χ4v) is 3.13. The molecule has 1 aromatic heterocycles. The molecule has 0 saturated carbocycles. The molecule has 2 heterocycles. The predicted molar refractivity (Wildman–Crippen MR) is 94.9 cm³/mol. The van der Waals surface area contributed by atoms with E-state index < -0.39 is 11.8 Å². The Kier molecular flexibility index (Phi) is 4.22. The monoisotopic (exact) mass is 353 g/mol. The first kappa shape index (κ1) is 16.4. The van der Waals surface area contributed by atoms with Gasteiger partial charge < -0.3 is 14.7 Å². The van der Waals surface area contributed by atoms with E-state index in [0.717, 1.165) is 29.7 Å². The van der Waals surface area contributed by atoms with Crippen LogP contribution in [0.4, 0.5) is 10.2 Å². The zero-order chi connectivity index (χ0) is 18.1. The molecule has 132 valence electrons. The van der Waals surface area contributed by atoms with Crippen molar-refractivity contribution in [2.24, 2.45) is 0 Å². The van der Waals surface area contributed by atoms with Crippen molar-refractivity contribution >= 4 is 22.6 Å². The summed E-state index contributed by atoms with van der Waals surface area (Å²) < 4.78 is 19.6. The van der Waals surface area contributed by atoms with E-state index in [1.54, 1.807) is 18.3 Å². The molecule has 2 aromatic carbocycles. The molecule has 1 fully saturated rings. The Labute approximate surface area is 148 Å². The molecule has 6 nitrogen and oxygen atoms in total. The third kappa shape index (κ3) is 2.97. The van der Waals surface area contributed by atoms with Crippen LogP contribution in [-0.2, 0) is 4.74 Å². The van der Waals surface area contributed by atoms with Gasteiger partial charge in [0.05, 0.1) is 25.0 Å². The maximum atomic E-state index is 14.2. The Morgan fingerprint density at radius 2 is 1.96 bits per heavy atom. The number of nitrogens with zero attached hydrogens (tertiary/aromatic N) is 3. The van der Waals surface area contributed by atoms with E-state index in [1.807, 2.05) is 6.07 Å². The lowest BCUT2D eigenvalue weighted by atomic mass is 10.00. The highest BCUT2D eigenvalue weighted by molar-refractivity contribution is 5.95. The Hall–Kier alpha value is -3.06. The average molecular weight is 353 g/mol. The Morgan fingerprint density at radius 3 is 2.73 bits per heavy atom. The van der Waals surface area contributed by atoms with E-state index in [2.05, 4.69) is 15.1 Å². The number of rotatable bonds is 3. The van der Waals surface area contributed by atoms with E-state index in [1.165, 1.54) is 18.2 Å². The molecule has 0 spiro atoms. The molecule has 1 N–H and O–H groups in total. The third-order valence-corrected chi connectivity index (χ3v) is 4.48. The molecule has 0 radical (unpaired) electrons. The van der Waals surface area contributed by atoms with Gasteiger partial charge in [-0.25, -0.2) is 9.18 Å². The van der Waals surface area contributed by atoms with E-state index >= 15 is 0 Å². The van der Waals surface area contributed by atoms with E-state index in [4.69, 9.17) is 9.84 Å². The number of anilines is 1. The van der Waals surface area contributed by atoms with E-state index in [9.17, 15) is 9.18 Å². The van der Waals surface area contributed by atoms with Gasteiger partial charge >= 0.3 is 5.97 Å². The van der Waals surface area contributed by atoms with Gasteiger partial charge in [-0.15, -0.1) is 5.10 Å². The van der Waals surface area contributed by atoms with Gasteiger partial charge in [0.2, 0.25) is 0 Å². The van der Waals surface area contributed by atoms with E-state index in [-0.39, 0.29) is 11.1 Å². The van der Waals surface area contributed by atoms with Crippen LogP contribution in [0.2, 0.25) is 0 Å². The van der Waals surface area contributed by atoms with Gasteiger partial charge in [-0.3, -0.25) is 0 Å². The van der Waals surface area contributed by atoms with Crippen LogP contribution in [0, 0.1) is 5.82 Å². The lowest BCUT2D eigenvalue weighted by Gasteiger charge is -2.28. The minimum Gasteiger partial charge on any atom is -0.478 e. The smallest absolute Gasteiger partial charge is 0.335 e. The third-order valence-electron chi connectivity index (χ3n) is 4.48. The molecule has 0 amide bonds. The summed E-state index contributed by atoms with van der Waals surface area (Å²) in [7, 11) is 0. The van der Waals surface area contributed by atoms with Gasteiger partial charge in [0.25, 0.3) is 0 Å². The highest BCUT2D eigenvalue weighted by Crippen LogP contribution is 2.30. The van der Waals surface area contributed by atoms with Crippen LogP contribution in [-0.4, -0.2) is 47.6 Å².